The van der Waals surface area contributed by atoms with Crippen LogP contribution in [0.2, 0.25) is 0 Å². The molecule has 5 rings (SSSR count). The minimum atomic E-state index is -0.490. The van der Waals surface area contributed by atoms with Gasteiger partial charge in [0.15, 0.2) is 0 Å². The number of aliphatic hydroxyl groups excluding tert-OH is 1. The number of pyridine rings is 2. The zero-order valence-corrected chi connectivity index (χ0v) is 18.1. The fourth-order valence-corrected chi connectivity index (χ4v) is 4.60. The highest BCUT2D eigenvalue weighted by atomic mass is 16.3. The molecule has 0 aromatic carbocycles. The Morgan fingerprint density at radius 3 is 2.66 bits per heavy atom. The number of nitrogens with zero attached hydrogens (tertiary/aromatic N) is 7. The van der Waals surface area contributed by atoms with E-state index in [1.807, 2.05) is 36.5 Å². The van der Waals surface area contributed by atoms with E-state index in [4.69, 9.17) is 10.1 Å². The molecule has 0 spiro atoms. The van der Waals surface area contributed by atoms with Gasteiger partial charge in [0, 0.05) is 56.7 Å². The first kappa shape index (κ1) is 20.4. The lowest BCUT2D eigenvalue weighted by atomic mass is 9.99. The number of amides is 3. The first-order valence-corrected chi connectivity index (χ1v) is 10.7. The van der Waals surface area contributed by atoms with Crippen LogP contribution in [0.3, 0.4) is 0 Å². The van der Waals surface area contributed by atoms with Gasteiger partial charge in [-0.3, -0.25) is 19.4 Å². The predicted molar refractivity (Wildman–Crippen MR) is 118 cm³/mol. The molecule has 5 heterocycles. The summed E-state index contributed by atoms with van der Waals surface area (Å²) in [5.74, 6) is -0.275. The second-order valence-corrected chi connectivity index (χ2v) is 8.38. The van der Waals surface area contributed by atoms with Crippen molar-refractivity contribution in [3.8, 4) is 11.3 Å². The molecular formula is C22H25N7O3. The number of rotatable bonds is 3. The molecule has 0 aliphatic carbocycles. The Kier molecular flexibility index (Phi) is 5.01. The molecule has 1 saturated heterocycles. The Morgan fingerprint density at radius 1 is 1.19 bits per heavy atom. The number of hydrogen-bond donors (Lipinski definition) is 1. The number of carbonyl (C=O) groups excluding carboxylic acids is 2. The van der Waals surface area contributed by atoms with E-state index in [9.17, 15) is 9.59 Å². The molecule has 1 N–H and O–H groups in total. The summed E-state index contributed by atoms with van der Waals surface area (Å²) in [7, 11) is 3.64. The quantitative estimate of drug-likeness (QED) is 0.666. The fourth-order valence-electron chi connectivity index (χ4n) is 4.60. The maximum atomic E-state index is 13.3. The van der Waals surface area contributed by atoms with E-state index in [2.05, 4.69) is 10.1 Å². The van der Waals surface area contributed by atoms with Gasteiger partial charge in [-0.1, -0.05) is 0 Å². The number of piperidine rings is 1. The van der Waals surface area contributed by atoms with Crippen molar-refractivity contribution in [3.05, 3.63) is 36.3 Å². The number of aryl methyl sites for hydroxylation is 1. The van der Waals surface area contributed by atoms with E-state index in [1.165, 1.54) is 0 Å². The topological polar surface area (TPSA) is 108 Å². The molecule has 3 amide bonds. The van der Waals surface area contributed by atoms with Crippen LogP contribution in [0, 0.1) is 0 Å². The molecule has 10 nitrogen and oxygen atoms in total. The van der Waals surface area contributed by atoms with E-state index in [1.54, 1.807) is 27.7 Å². The summed E-state index contributed by atoms with van der Waals surface area (Å²) in [5.41, 5.74) is 4.84. The highest BCUT2D eigenvalue weighted by Crippen LogP contribution is 2.37. The van der Waals surface area contributed by atoms with Crippen molar-refractivity contribution in [2.24, 2.45) is 7.05 Å². The number of aromatic nitrogens is 4. The molecule has 0 bridgehead atoms. The molecular weight excluding hydrogens is 410 g/mol. The van der Waals surface area contributed by atoms with Crippen molar-refractivity contribution in [2.75, 3.05) is 31.6 Å². The third-order valence-corrected chi connectivity index (χ3v) is 6.26. The van der Waals surface area contributed by atoms with Crippen molar-refractivity contribution >= 4 is 28.7 Å². The van der Waals surface area contributed by atoms with E-state index in [0.29, 0.717) is 38.0 Å². The van der Waals surface area contributed by atoms with Crippen molar-refractivity contribution < 1.29 is 14.7 Å². The summed E-state index contributed by atoms with van der Waals surface area (Å²) >= 11 is 0. The van der Waals surface area contributed by atoms with Crippen molar-refractivity contribution in [1.29, 1.82) is 0 Å². The Hall–Kier alpha value is -3.53. The summed E-state index contributed by atoms with van der Waals surface area (Å²) in [4.78, 5) is 39.9. The molecule has 2 aliphatic heterocycles. The number of hydrogen-bond acceptors (Lipinski definition) is 6. The summed E-state index contributed by atoms with van der Waals surface area (Å²) < 4.78 is 1.73. The van der Waals surface area contributed by atoms with Crippen molar-refractivity contribution in [1.82, 2.24) is 29.5 Å². The van der Waals surface area contributed by atoms with Crippen LogP contribution in [0.4, 0.5) is 10.5 Å². The molecule has 3 aromatic rings. The Labute approximate surface area is 185 Å². The zero-order chi connectivity index (χ0) is 22.4. The second-order valence-electron chi connectivity index (χ2n) is 8.38. The number of likely N-dealkylation sites (tertiary alicyclic amines) is 1. The van der Waals surface area contributed by atoms with Crippen molar-refractivity contribution in [2.45, 2.75) is 25.4 Å². The van der Waals surface area contributed by atoms with Crippen LogP contribution in [0.25, 0.3) is 22.3 Å². The van der Waals surface area contributed by atoms with Crippen LogP contribution < -0.4 is 4.90 Å². The molecule has 0 radical (unpaired) electrons. The lowest BCUT2D eigenvalue weighted by Gasteiger charge is -2.43. The highest BCUT2D eigenvalue weighted by Gasteiger charge is 2.37. The number of urea groups is 1. The average molecular weight is 435 g/mol. The van der Waals surface area contributed by atoms with Crippen LogP contribution >= 0.6 is 0 Å². The average Bonchev–Trinajstić information content (AvgIpc) is 3.25. The van der Waals surface area contributed by atoms with E-state index < -0.39 is 6.61 Å². The second kappa shape index (κ2) is 7.86. The molecule has 166 valence electrons. The monoisotopic (exact) mass is 435 g/mol. The molecule has 0 unspecified atom stereocenters. The van der Waals surface area contributed by atoms with Gasteiger partial charge >= 0.3 is 6.03 Å². The standard InChI is InChI=1S/C22H25N7O3/c1-26-11-15-9-23-18-4-3-17(14-10-24-27(2)12-14)25-20(18)21(15)29(22(26)32)16-5-7-28(8-6-16)19(31)13-30/h3-4,9-10,12,16,30H,5-8,11,13H2,1-2H3. The number of carbonyl (C=O) groups is 2. The SMILES string of the molecule is CN1Cc2cnc3ccc(-c4cnn(C)c4)nc3c2N(C2CCN(C(=O)CO)CC2)C1=O. The molecule has 0 saturated carbocycles. The minimum Gasteiger partial charge on any atom is -0.387 e. The fraction of sp³-hybridized carbons (Fsp3) is 0.409. The third-order valence-electron chi connectivity index (χ3n) is 6.26. The smallest absolute Gasteiger partial charge is 0.324 e. The first-order valence-electron chi connectivity index (χ1n) is 10.7. The normalized spacial score (nSPS) is 17.2. The lowest BCUT2D eigenvalue weighted by molar-refractivity contribution is -0.135. The van der Waals surface area contributed by atoms with Gasteiger partial charge < -0.3 is 14.9 Å². The van der Waals surface area contributed by atoms with Crippen LogP contribution in [0.15, 0.2) is 30.7 Å². The van der Waals surface area contributed by atoms with Gasteiger partial charge in [0.25, 0.3) is 0 Å². The van der Waals surface area contributed by atoms with Gasteiger partial charge in [0.05, 0.1) is 29.6 Å². The molecule has 1 fully saturated rings. The van der Waals surface area contributed by atoms with Gasteiger partial charge in [0.1, 0.15) is 12.1 Å². The number of anilines is 1. The summed E-state index contributed by atoms with van der Waals surface area (Å²) in [6, 6.07) is 3.69. The zero-order valence-electron chi connectivity index (χ0n) is 18.1. The van der Waals surface area contributed by atoms with Gasteiger partial charge in [0.2, 0.25) is 5.91 Å². The summed E-state index contributed by atoms with van der Waals surface area (Å²) in [5, 5.41) is 13.4. The molecule has 3 aromatic heterocycles. The van der Waals surface area contributed by atoms with E-state index in [0.717, 1.165) is 28.0 Å². The van der Waals surface area contributed by atoms with Crippen LogP contribution in [-0.2, 0) is 18.4 Å². The summed E-state index contributed by atoms with van der Waals surface area (Å²) in [6.07, 6.45) is 6.76. The molecule has 32 heavy (non-hydrogen) atoms. The number of aliphatic hydroxyl groups is 1. The maximum Gasteiger partial charge on any atom is 0.324 e. The van der Waals surface area contributed by atoms with Crippen LogP contribution in [0.5, 0.6) is 0 Å². The lowest BCUT2D eigenvalue weighted by Crippen LogP contribution is -2.54. The van der Waals surface area contributed by atoms with Gasteiger partial charge in [-0.2, -0.15) is 5.10 Å². The molecule has 0 atom stereocenters. The van der Waals surface area contributed by atoms with Crippen LogP contribution in [0.1, 0.15) is 18.4 Å². The minimum absolute atomic E-state index is 0.0683. The third kappa shape index (κ3) is 3.36. The Balaban J connectivity index is 1.58. The number of fused-ring (bicyclic) bond motifs is 3. The first-order chi connectivity index (χ1) is 15.5. The van der Waals surface area contributed by atoms with Gasteiger partial charge in [-0.15, -0.1) is 0 Å². The molecule has 10 heteroatoms. The largest absolute Gasteiger partial charge is 0.387 e. The van der Waals surface area contributed by atoms with Gasteiger partial charge in [-0.25, -0.2) is 9.78 Å². The maximum absolute atomic E-state index is 13.3. The predicted octanol–water partition coefficient (Wildman–Crippen LogP) is 1.39. The van der Waals surface area contributed by atoms with E-state index in [-0.39, 0.29) is 18.0 Å². The highest BCUT2D eigenvalue weighted by molar-refractivity contribution is 6.04. The summed E-state index contributed by atoms with van der Waals surface area (Å²) in [6.45, 7) is 0.985. The van der Waals surface area contributed by atoms with Gasteiger partial charge in [-0.05, 0) is 25.0 Å². The Bertz CT molecular complexity index is 1200. The Morgan fingerprint density at radius 2 is 1.97 bits per heavy atom. The van der Waals surface area contributed by atoms with Crippen molar-refractivity contribution in [3.63, 3.8) is 0 Å². The molecule has 2 aliphatic rings. The van der Waals surface area contributed by atoms with E-state index >= 15 is 0 Å². The van der Waals surface area contributed by atoms with Crippen LogP contribution in [-0.4, -0.2) is 79.4 Å².